The summed E-state index contributed by atoms with van der Waals surface area (Å²) in [6, 6.07) is 19.7. The third-order valence-electron chi connectivity index (χ3n) is 6.06. The van der Waals surface area contributed by atoms with E-state index < -0.39 is 28.5 Å². The molecule has 0 unspecified atom stereocenters. The van der Waals surface area contributed by atoms with Gasteiger partial charge in [0.05, 0.1) is 17.0 Å². The zero-order chi connectivity index (χ0) is 29.4. The van der Waals surface area contributed by atoms with Crippen LogP contribution < -0.4 is 9.62 Å². The predicted molar refractivity (Wildman–Crippen MR) is 162 cm³/mol. The van der Waals surface area contributed by atoms with Gasteiger partial charge in [0.2, 0.25) is 21.8 Å². The molecular formula is C29H32Cl3N3O4S. The maximum atomic E-state index is 14.1. The van der Waals surface area contributed by atoms with E-state index in [1.165, 1.54) is 23.1 Å². The summed E-state index contributed by atoms with van der Waals surface area (Å²) < 4.78 is 26.7. The number of benzene rings is 3. The van der Waals surface area contributed by atoms with Crippen molar-refractivity contribution >= 4 is 62.3 Å². The molecule has 0 aromatic heterocycles. The first-order valence-corrected chi connectivity index (χ1v) is 15.6. The average Bonchev–Trinajstić information content (AvgIpc) is 2.88. The van der Waals surface area contributed by atoms with Crippen molar-refractivity contribution in [1.82, 2.24) is 10.2 Å². The fraction of sp³-hybridized carbons (Fsp3) is 0.310. The van der Waals surface area contributed by atoms with Crippen molar-refractivity contribution < 1.29 is 18.0 Å². The third kappa shape index (κ3) is 9.13. The van der Waals surface area contributed by atoms with E-state index in [1.54, 1.807) is 24.3 Å². The Balaban J connectivity index is 2.07. The number of nitrogens with zero attached hydrogens (tertiary/aromatic N) is 2. The zero-order valence-corrected chi connectivity index (χ0v) is 25.6. The van der Waals surface area contributed by atoms with Crippen LogP contribution >= 0.6 is 34.8 Å². The number of sulfonamides is 1. The standard InChI is InChI=1S/C29H32Cl3N3O4S/c1-20(2)17-33-29(37)27(15-21-8-5-4-6-9-21)34(18-22-10-7-11-23(30)14-22)28(36)19-35(40(3,38)39)26-13-12-24(31)16-25(26)32/h4-14,16,20,27H,15,17-19H2,1-3H3,(H,33,37)/t27-/m0/s1. The topological polar surface area (TPSA) is 86.8 Å². The summed E-state index contributed by atoms with van der Waals surface area (Å²) in [5, 5.41) is 3.80. The number of hydrogen-bond donors (Lipinski definition) is 1. The average molecular weight is 625 g/mol. The molecule has 1 N–H and O–H groups in total. The second-order valence-corrected chi connectivity index (χ2v) is 13.0. The first-order valence-electron chi connectivity index (χ1n) is 12.6. The summed E-state index contributed by atoms with van der Waals surface area (Å²) in [5.74, 6) is -0.744. The highest BCUT2D eigenvalue weighted by molar-refractivity contribution is 7.92. The lowest BCUT2D eigenvalue weighted by molar-refractivity contribution is -0.140. The van der Waals surface area contributed by atoms with Crippen molar-refractivity contribution in [2.75, 3.05) is 23.7 Å². The predicted octanol–water partition coefficient (Wildman–Crippen LogP) is 5.83. The van der Waals surface area contributed by atoms with Crippen LogP contribution in [0, 0.1) is 5.92 Å². The SMILES string of the molecule is CC(C)CNC(=O)[C@H](Cc1ccccc1)N(Cc1cccc(Cl)c1)C(=O)CN(c1ccc(Cl)cc1Cl)S(C)(=O)=O. The lowest BCUT2D eigenvalue weighted by Crippen LogP contribution is -2.53. The van der Waals surface area contributed by atoms with Crippen LogP contribution in [-0.2, 0) is 32.6 Å². The van der Waals surface area contributed by atoms with Crippen LogP contribution in [0.4, 0.5) is 5.69 Å². The van der Waals surface area contributed by atoms with E-state index >= 15 is 0 Å². The van der Waals surface area contributed by atoms with Gasteiger partial charge in [-0.1, -0.05) is 91.1 Å². The van der Waals surface area contributed by atoms with Gasteiger partial charge in [-0.05, 0) is 47.4 Å². The van der Waals surface area contributed by atoms with Crippen molar-refractivity contribution in [1.29, 1.82) is 0 Å². The number of nitrogens with one attached hydrogen (secondary N) is 1. The summed E-state index contributed by atoms with van der Waals surface area (Å²) >= 11 is 18.6. The van der Waals surface area contributed by atoms with Gasteiger partial charge in [-0.2, -0.15) is 0 Å². The van der Waals surface area contributed by atoms with E-state index in [-0.39, 0.29) is 35.5 Å². The molecule has 214 valence electrons. The molecule has 0 fully saturated rings. The first-order chi connectivity index (χ1) is 18.8. The molecule has 3 aromatic rings. The number of anilines is 1. The Morgan fingerprint density at radius 2 is 1.52 bits per heavy atom. The molecule has 0 bridgehead atoms. The van der Waals surface area contributed by atoms with Crippen LogP contribution in [0.5, 0.6) is 0 Å². The molecule has 3 rings (SSSR count). The molecule has 1 atom stereocenters. The van der Waals surface area contributed by atoms with Gasteiger partial charge in [0.15, 0.2) is 0 Å². The molecule has 0 spiro atoms. The summed E-state index contributed by atoms with van der Waals surface area (Å²) in [4.78, 5) is 29.1. The van der Waals surface area contributed by atoms with E-state index in [2.05, 4.69) is 5.32 Å². The number of amides is 2. The largest absolute Gasteiger partial charge is 0.354 e. The minimum absolute atomic E-state index is 0.0257. The van der Waals surface area contributed by atoms with Crippen molar-refractivity contribution in [2.45, 2.75) is 32.9 Å². The summed E-state index contributed by atoms with van der Waals surface area (Å²) in [5.41, 5.74) is 1.64. The lowest BCUT2D eigenvalue weighted by Gasteiger charge is -2.34. The van der Waals surface area contributed by atoms with Crippen LogP contribution in [0.2, 0.25) is 15.1 Å². The van der Waals surface area contributed by atoms with Gasteiger partial charge in [0.25, 0.3) is 0 Å². The fourth-order valence-corrected chi connectivity index (χ4v) is 5.72. The highest BCUT2D eigenvalue weighted by atomic mass is 35.5. The van der Waals surface area contributed by atoms with Crippen molar-refractivity contribution in [3.05, 3.63) is 99.0 Å². The third-order valence-corrected chi connectivity index (χ3v) is 7.95. The van der Waals surface area contributed by atoms with Crippen molar-refractivity contribution in [3.63, 3.8) is 0 Å². The zero-order valence-electron chi connectivity index (χ0n) is 22.5. The molecule has 0 aliphatic carbocycles. The molecule has 0 aliphatic rings. The minimum atomic E-state index is -3.95. The van der Waals surface area contributed by atoms with Gasteiger partial charge < -0.3 is 10.2 Å². The molecule has 40 heavy (non-hydrogen) atoms. The molecular weight excluding hydrogens is 593 g/mol. The van der Waals surface area contributed by atoms with Gasteiger partial charge in [-0.25, -0.2) is 8.42 Å². The minimum Gasteiger partial charge on any atom is -0.354 e. The molecule has 11 heteroatoms. The molecule has 2 amide bonds. The van der Waals surface area contributed by atoms with E-state index in [4.69, 9.17) is 34.8 Å². The maximum Gasteiger partial charge on any atom is 0.244 e. The molecule has 0 heterocycles. The molecule has 0 saturated carbocycles. The Bertz CT molecular complexity index is 1440. The summed E-state index contributed by atoms with van der Waals surface area (Å²) in [6.45, 7) is 3.81. The number of hydrogen-bond acceptors (Lipinski definition) is 4. The molecule has 3 aromatic carbocycles. The van der Waals surface area contributed by atoms with Crippen LogP contribution in [0.25, 0.3) is 0 Å². The Hall–Kier alpha value is -2.78. The second kappa shape index (κ2) is 14.2. The summed E-state index contributed by atoms with van der Waals surface area (Å²) in [6.07, 6.45) is 1.21. The van der Waals surface area contributed by atoms with Gasteiger partial charge in [0, 0.05) is 29.6 Å². The monoisotopic (exact) mass is 623 g/mol. The lowest BCUT2D eigenvalue weighted by atomic mass is 10.0. The maximum absolute atomic E-state index is 14.1. The quantitative estimate of drug-likeness (QED) is 0.275. The Kier molecular flexibility index (Phi) is 11.3. The highest BCUT2D eigenvalue weighted by Crippen LogP contribution is 2.30. The van der Waals surface area contributed by atoms with Gasteiger partial charge in [-0.15, -0.1) is 0 Å². The number of carbonyl (C=O) groups is 2. The van der Waals surface area contributed by atoms with Crippen molar-refractivity contribution in [2.24, 2.45) is 5.92 Å². The molecule has 0 saturated heterocycles. The highest BCUT2D eigenvalue weighted by Gasteiger charge is 2.33. The first kappa shape index (κ1) is 31.7. The van der Waals surface area contributed by atoms with Gasteiger partial charge in [-0.3, -0.25) is 13.9 Å². The number of carbonyl (C=O) groups excluding carboxylic acids is 2. The molecule has 0 aliphatic heterocycles. The Labute approximate surface area is 251 Å². The second-order valence-electron chi connectivity index (χ2n) is 9.86. The molecule has 0 radical (unpaired) electrons. The van der Waals surface area contributed by atoms with Gasteiger partial charge in [0.1, 0.15) is 12.6 Å². The number of rotatable bonds is 12. The van der Waals surface area contributed by atoms with Crippen LogP contribution in [-0.4, -0.2) is 50.5 Å². The van der Waals surface area contributed by atoms with Crippen LogP contribution in [0.15, 0.2) is 72.8 Å². The van der Waals surface area contributed by atoms with Crippen molar-refractivity contribution in [3.8, 4) is 0 Å². The normalized spacial score (nSPS) is 12.2. The smallest absolute Gasteiger partial charge is 0.244 e. The van der Waals surface area contributed by atoms with Gasteiger partial charge >= 0.3 is 0 Å². The van der Waals surface area contributed by atoms with E-state index in [0.29, 0.717) is 22.2 Å². The van der Waals surface area contributed by atoms with E-state index in [0.717, 1.165) is 16.1 Å². The fourth-order valence-electron chi connectivity index (χ4n) is 4.09. The Morgan fingerprint density at radius 1 is 0.875 bits per heavy atom. The van der Waals surface area contributed by atoms with Crippen LogP contribution in [0.1, 0.15) is 25.0 Å². The Morgan fingerprint density at radius 3 is 2.12 bits per heavy atom. The van der Waals surface area contributed by atoms with Crippen LogP contribution in [0.3, 0.4) is 0 Å². The van der Waals surface area contributed by atoms with E-state index in [1.807, 2.05) is 44.2 Å². The number of halogens is 3. The summed E-state index contributed by atoms with van der Waals surface area (Å²) in [7, 11) is -3.95. The molecule has 7 nitrogen and oxygen atoms in total. The van der Waals surface area contributed by atoms with E-state index in [9.17, 15) is 18.0 Å².